The number of hydrogen-bond donors (Lipinski definition) is 1. The van der Waals surface area contributed by atoms with E-state index < -0.39 is 0 Å². The molecule has 2 heteroatoms. The maximum atomic E-state index is 5.43. The van der Waals surface area contributed by atoms with Crippen LogP contribution in [0.4, 0.5) is 0 Å². The van der Waals surface area contributed by atoms with E-state index in [1.54, 1.807) is 7.11 Å². The van der Waals surface area contributed by atoms with Crippen LogP contribution in [0, 0.1) is 11.8 Å². The van der Waals surface area contributed by atoms with E-state index in [2.05, 4.69) is 19.2 Å². The fourth-order valence-electron chi connectivity index (χ4n) is 2.27. The molecular formula is C13H25NO. The minimum absolute atomic E-state index is 0.0324. The molecule has 2 aliphatic rings. The summed E-state index contributed by atoms with van der Waals surface area (Å²) in [5.41, 5.74) is 0.0324. The lowest BCUT2D eigenvalue weighted by molar-refractivity contribution is 0.0150. The molecule has 2 fully saturated rings. The first-order valence-corrected chi connectivity index (χ1v) is 6.41. The van der Waals surface area contributed by atoms with Gasteiger partial charge in [-0.05, 0) is 64.3 Å². The van der Waals surface area contributed by atoms with E-state index in [0.29, 0.717) is 0 Å². The van der Waals surface area contributed by atoms with Gasteiger partial charge in [0.25, 0.3) is 0 Å². The van der Waals surface area contributed by atoms with Crippen molar-refractivity contribution >= 4 is 0 Å². The molecule has 0 amide bonds. The van der Waals surface area contributed by atoms with Gasteiger partial charge in [-0.15, -0.1) is 0 Å². The Balaban J connectivity index is 1.67. The molecule has 15 heavy (non-hydrogen) atoms. The van der Waals surface area contributed by atoms with E-state index in [1.165, 1.54) is 25.7 Å². The van der Waals surface area contributed by atoms with Gasteiger partial charge in [0.15, 0.2) is 0 Å². The summed E-state index contributed by atoms with van der Waals surface area (Å²) in [7, 11) is 1.80. The Hall–Kier alpha value is -0.0800. The van der Waals surface area contributed by atoms with E-state index in [0.717, 1.165) is 30.8 Å². The van der Waals surface area contributed by atoms with Gasteiger partial charge in [0.1, 0.15) is 0 Å². The molecule has 0 spiro atoms. The average Bonchev–Trinajstić information content (AvgIpc) is 3.01. The highest BCUT2D eigenvalue weighted by atomic mass is 16.5. The van der Waals surface area contributed by atoms with Gasteiger partial charge in [-0.3, -0.25) is 0 Å². The molecule has 2 nitrogen and oxygen atoms in total. The zero-order valence-electron chi connectivity index (χ0n) is 10.4. The first-order valence-electron chi connectivity index (χ1n) is 6.41. The smallest absolute Gasteiger partial charge is 0.0634 e. The average molecular weight is 211 g/mol. The Morgan fingerprint density at radius 3 is 2.13 bits per heavy atom. The van der Waals surface area contributed by atoms with Gasteiger partial charge in [-0.2, -0.15) is 0 Å². The minimum Gasteiger partial charge on any atom is -0.379 e. The number of hydrogen-bond acceptors (Lipinski definition) is 2. The minimum atomic E-state index is 0.0324. The molecule has 0 aromatic heterocycles. The molecule has 2 aliphatic carbocycles. The van der Waals surface area contributed by atoms with E-state index >= 15 is 0 Å². The topological polar surface area (TPSA) is 21.3 Å². The van der Waals surface area contributed by atoms with Crippen molar-refractivity contribution in [1.82, 2.24) is 5.32 Å². The van der Waals surface area contributed by atoms with Crippen molar-refractivity contribution in [3.63, 3.8) is 0 Å². The molecule has 1 N–H and O–H groups in total. The molecule has 88 valence electrons. The van der Waals surface area contributed by atoms with Gasteiger partial charge in [-0.25, -0.2) is 0 Å². The standard InChI is InChI=1S/C13H25NO/c1-13(2,15-3)8-9-14-12(10-4-5-10)11-6-7-11/h10-12,14H,4-9H2,1-3H3. The maximum Gasteiger partial charge on any atom is 0.0634 e. The van der Waals surface area contributed by atoms with Gasteiger partial charge >= 0.3 is 0 Å². The molecular weight excluding hydrogens is 186 g/mol. The van der Waals surface area contributed by atoms with E-state index in [9.17, 15) is 0 Å². The molecule has 0 bridgehead atoms. The monoisotopic (exact) mass is 211 g/mol. The van der Waals surface area contributed by atoms with Gasteiger partial charge in [0.05, 0.1) is 5.60 Å². The summed E-state index contributed by atoms with van der Waals surface area (Å²) >= 11 is 0. The van der Waals surface area contributed by atoms with Crippen LogP contribution < -0.4 is 5.32 Å². The third-order valence-corrected chi connectivity index (χ3v) is 3.92. The highest BCUT2D eigenvalue weighted by molar-refractivity contribution is 4.96. The second-order valence-electron chi connectivity index (χ2n) is 5.87. The molecule has 0 heterocycles. The second-order valence-corrected chi connectivity index (χ2v) is 5.87. The third-order valence-electron chi connectivity index (χ3n) is 3.92. The third kappa shape index (κ3) is 3.46. The van der Waals surface area contributed by atoms with Crippen molar-refractivity contribution in [3.8, 4) is 0 Å². The first kappa shape index (κ1) is 11.4. The van der Waals surface area contributed by atoms with Gasteiger partial charge < -0.3 is 10.1 Å². The fourth-order valence-corrected chi connectivity index (χ4v) is 2.27. The van der Waals surface area contributed by atoms with E-state index in [1.807, 2.05) is 0 Å². The van der Waals surface area contributed by atoms with Crippen molar-refractivity contribution in [1.29, 1.82) is 0 Å². The normalized spacial score (nSPS) is 22.4. The molecule has 0 atom stereocenters. The van der Waals surface area contributed by atoms with Crippen molar-refractivity contribution in [2.24, 2.45) is 11.8 Å². The maximum absolute atomic E-state index is 5.43. The quantitative estimate of drug-likeness (QED) is 0.699. The Bertz CT molecular complexity index is 195. The summed E-state index contributed by atoms with van der Waals surface area (Å²) in [5.74, 6) is 2.01. The summed E-state index contributed by atoms with van der Waals surface area (Å²) in [6, 6.07) is 0.831. The van der Waals surface area contributed by atoms with Crippen LogP contribution >= 0.6 is 0 Å². The Labute approximate surface area is 93.8 Å². The second kappa shape index (κ2) is 4.42. The molecule has 0 aromatic rings. The van der Waals surface area contributed by atoms with Gasteiger partial charge in [0, 0.05) is 13.2 Å². The summed E-state index contributed by atoms with van der Waals surface area (Å²) in [6.45, 7) is 5.44. The van der Waals surface area contributed by atoms with Crippen LogP contribution in [0.2, 0.25) is 0 Å². The Kier molecular flexibility index (Phi) is 3.36. The zero-order valence-corrected chi connectivity index (χ0v) is 10.4. The number of ether oxygens (including phenoxy) is 1. The molecule has 0 aliphatic heterocycles. The molecule has 0 saturated heterocycles. The van der Waals surface area contributed by atoms with E-state index in [-0.39, 0.29) is 5.60 Å². The number of rotatable bonds is 7. The first-order chi connectivity index (χ1) is 7.12. The molecule has 2 saturated carbocycles. The molecule has 0 unspecified atom stereocenters. The van der Waals surface area contributed by atoms with Crippen LogP contribution in [0.3, 0.4) is 0 Å². The van der Waals surface area contributed by atoms with Crippen LogP contribution in [0.5, 0.6) is 0 Å². The fraction of sp³-hybridized carbons (Fsp3) is 1.00. The van der Waals surface area contributed by atoms with Crippen molar-refractivity contribution in [3.05, 3.63) is 0 Å². The van der Waals surface area contributed by atoms with Crippen LogP contribution in [0.15, 0.2) is 0 Å². The van der Waals surface area contributed by atoms with Gasteiger partial charge in [-0.1, -0.05) is 0 Å². The van der Waals surface area contributed by atoms with E-state index in [4.69, 9.17) is 4.74 Å². The summed E-state index contributed by atoms with van der Waals surface area (Å²) < 4.78 is 5.43. The molecule has 0 radical (unpaired) electrons. The number of nitrogens with one attached hydrogen (secondary N) is 1. The van der Waals surface area contributed by atoms with Gasteiger partial charge in [0.2, 0.25) is 0 Å². The highest BCUT2D eigenvalue weighted by Gasteiger charge is 2.41. The number of methoxy groups -OCH3 is 1. The Morgan fingerprint density at radius 1 is 1.20 bits per heavy atom. The predicted molar refractivity (Wildman–Crippen MR) is 62.9 cm³/mol. The lowest BCUT2D eigenvalue weighted by Crippen LogP contribution is -2.37. The molecule has 2 rings (SSSR count). The van der Waals surface area contributed by atoms with Crippen LogP contribution in [-0.2, 0) is 4.74 Å². The van der Waals surface area contributed by atoms with Crippen LogP contribution in [-0.4, -0.2) is 25.3 Å². The van der Waals surface area contributed by atoms with Crippen molar-refractivity contribution in [2.45, 2.75) is 57.6 Å². The van der Waals surface area contributed by atoms with Crippen molar-refractivity contribution in [2.75, 3.05) is 13.7 Å². The Morgan fingerprint density at radius 2 is 1.73 bits per heavy atom. The summed E-state index contributed by atoms with van der Waals surface area (Å²) in [6.07, 6.45) is 6.95. The summed E-state index contributed by atoms with van der Waals surface area (Å²) in [4.78, 5) is 0. The van der Waals surface area contributed by atoms with Crippen molar-refractivity contribution < 1.29 is 4.74 Å². The largest absolute Gasteiger partial charge is 0.379 e. The van der Waals surface area contributed by atoms with Crippen LogP contribution in [0.25, 0.3) is 0 Å². The zero-order chi connectivity index (χ0) is 10.9. The summed E-state index contributed by atoms with van der Waals surface area (Å²) in [5, 5.41) is 3.75. The predicted octanol–water partition coefficient (Wildman–Crippen LogP) is 2.58. The molecule has 0 aromatic carbocycles. The highest BCUT2D eigenvalue weighted by Crippen LogP contribution is 2.44. The van der Waals surface area contributed by atoms with Crippen LogP contribution in [0.1, 0.15) is 46.0 Å². The lowest BCUT2D eigenvalue weighted by Gasteiger charge is -2.25. The lowest BCUT2D eigenvalue weighted by atomic mass is 10.0. The SMILES string of the molecule is COC(C)(C)CCNC(C1CC1)C1CC1.